The van der Waals surface area contributed by atoms with E-state index in [0.717, 1.165) is 28.5 Å². The largest absolute Gasteiger partial charge is 0.454 e. The van der Waals surface area contributed by atoms with Crippen LogP contribution >= 0.6 is 11.8 Å². The quantitative estimate of drug-likeness (QED) is 0.737. The van der Waals surface area contributed by atoms with E-state index in [-0.39, 0.29) is 11.8 Å². The molecule has 1 aliphatic rings. The fourth-order valence-corrected chi connectivity index (χ4v) is 3.37. The van der Waals surface area contributed by atoms with Crippen LogP contribution in [0.1, 0.15) is 11.1 Å². The van der Waals surface area contributed by atoms with E-state index in [1.807, 2.05) is 37.6 Å². The molecule has 0 radical (unpaired) electrons. The first kappa shape index (κ1) is 20.1. The standard InChI is InChI=1S/C21H21F2N3OS/c1-24-19-7-8-25-13-26-11-17(19)16-9-14(12-28-2)3-5-20(16)27-21-6-4-15(22)10-18(21)23/h3-11,13,19,24H,12H2,1-2H3,(H,25,26)/b8-7-,17-11?. The molecule has 0 saturated heterocycles. The number of halogens is 2. The number of nitrogens with one attached hydrogen (secondary N) is 2. The Morgan fingerprint density at radius 3 is 2.75 bits per heavy atom. The van der Waals surface area contributed by atoms with Gasteiger partial charge in [-0.05, 0) is 55.4 Å². The van der Waals surface area contributed by atoms with Crippen molar-refractivity contribution in [1.82, 2.24) is 10.6 Å². The summed E-state index contributed by atoms with van der Waals surface area (Å²) in [5, 5.41) is 6.17. The van der Waals surface area contributed by atoms with E-state index in [4.69, 9.17) is 4.74 Å². The van der Waals surface area contributed by atoms with Crippen molar-refractivity contribution in [2.24, 2.45) is 4.99 Å². The van der Waals surface area contributed by atoms with Gasteiger partial charge in [-0.25, -0.2) is 13.8 Å². The van der Waals surface area contributed by atoms with Crippen LogP contribution in [0.25, 0.3) is 5.57 Å². The summed E-state index contributed by atoms with van der Waals surface area (Å²) < 4.78 is 33.2. The molecule has 1 unspecified atom stereocenters. The van der Waals surface area contributed by atoms with Crippen LogP contribution in [0.4, 0.5) is 8.78 Å². The second-order valence-corrected chi connectivity index (χ2v) is 6.96. The Hall–Kier alpha value is -2.64. The minimum Gasteiger partial charge on any atom is -0.454 e. The van der Waals surface area contributed by atoms with Crippen molar-refractivity contribution in [2.75, 3.05) is 13.3 Å². The van der Waals surface area contributed by atoms with Crippen molar-refractivity contribution in [3.63, 3.8) is 0 Å². The Morgan fingerprint density at radius 1 is 1.18 bits per heavy atom. The first-order chi connectivity index (χ1) is 13.6. The van der Waals surface area contributed by atoms with Crippen LogP contribution in [-0.4, -0.2) is 25.7 Å². The monoisotopic (exact) mass is 401 g/mol. The van der Waals surface area contributed by atoms with Crippen LogP contribution in [0.2, 0.25) is 0 Å². The lowest BCUT2D eigenvalue weighted by molar-refractivity contribution is 0.436. The first-order valence-electron chi connectivity index (χ1n) is 8.69. The van der Waals surface area contributed by atoms with Crippen molar-refractivity contribution >= 4 is 23.7 Å². The van der Waals surface area contributed by atoms with E-state index < -0.39 is 11.6 Å². The molecule has 7 heteroatoms. The average molecular weight is 401 g/mol. The Kier molecular flexibility index (Phi) is 6.84. The van der Waals surface area contributed by atoms with Gasteiger partial charge in [0.25, 0.3) is 0 Å². The molecular weight excluding hydrogens is 380 g/mol. The maximum Gasteiger partial charge on any atom is 0.168 e. The van der Waals surface area contributed by atoms with Crippen molar-refractivity contribution in [3.8, 4) is 11.5 Å². The molecule has 0 spiro atoms. The van der Waals surface area contributed by atoms with E-state index in [1.165, 1.54) is 12.1 Å². The summed E-state index contributed by atoms with van der Waals surface area (Å²) in [7, 11) is 1.85. The van der Waals surface area contributed by atoms with Crippen LogP contribution in [-0.2, 0) is 5.75 Å². The SMILES string of the molecule is CNC1/C=C\NC=NC=C1c1cc(CSC)ccc1Oc1ccc(F)cc1F. The Bertz CT molecular complexity index is 928. The van der Waals surface area contributed by atoms with Crippen LogP contribution in [0.15, 0.2) is 59.9 Å². The molecule has 0 fully saturated rings. The number of likely N-dealkylation sites (N-methyl/N-ethyl adjacent to an activating group) is 1. The molecule has 3 rings (SSSR count). The highest BCUT2D eigenvalue weighted by molar-refractivity contribution is 7.97. The summed E-state index contributed by atoms with van der Waals surface area (Å²) in [6, 6.07) is 8.90. The molecular formula is C21H21F2N3OS. The fourth-order valence-electron chi connectivity index (χ4n) is 2.85. The van der Waals surface area contributed by atoms with Crippen molar-refractivity contribution in [3.05, 3.63) is 77.6 Å². The molecule has 0 saturated carbocycles. The van der Waals surface area contributed by atoms with E-state index >= 15 is 0 Å². The van der Waals surface area contributed by atoms with Gasteiger partial charge in [0, 0.05) is 29.2 Å². The van der Waals surface area contributed by atoms with Crippen molar-refractivity contribution in [2.45, 2.75) is 11.8 Å². The van der Waals surface area contributed by atoms with Gasteiger partial charge in [0.05, 0.1) is 12.4 Å². The summed E-state index contributed by atoms with van der Waals surface area (Å²) in [5.41, 5.74) is 2.77. The first-order valence-corrected chi connectivity index (χ1v) is 10.1. The molecule has 4 nitrogen and oxygen atoms in total. The number of hydrogen-bond acceptors (Lipinski definition) is 5. The van der Waals surface area contributed by atoms with E-state index in [9.17, 15) is 8.78 Å². The van der Waals surface area contributed by atoms with Crippen LogP contribution in [0.3, 0.4) is 0 Å². The number of nitrogens with zero attached hydrogens (tertiary/aromatic N) is 1. The molecule has 1 atom stereocenters. The smallest absolute Gasteiger partial charge is 0.168 e. The molecule has 1 heterocycles. The zero-order valence-corrected chi connectivity index (χ0v) is 16.4. The second kappa shape index (κ2) is 9.52. The molecule has 146 valence electrons. The Morgan fingerprint density at radius 2 is 2.00 bits per heavy atom. The third-order valence-corrected chi connectivity index (χ3v) is 4.80. The fraction of sp³-hybridized carbons (Fsp3) is 0.190. The molecule has 2 aromatic rings. The topological polar surface area (TPSA) is 45.7 Å². The van der Waals surface area contributed by atoms with E-state index in [2.05, 4.69) is 15.6 Å². The summed E-state index contributed by atoms with van der Waals surface area (Å²) in [4.78, 5) is 4.27. The summed E-state index contributed by atoms with van der Waals surface area (Å²) in [6.45, 7) is 0. The van der Waals surface area contributed by atoms with E-state index in [1.54, 1.807) is 30.5 Å². The molecule has 0 amide bonds. The zero-order chi connectivity index (χ0) is 19.9. The molecule has 0 bridgehead atoms. The van der Waals surface area contributed by atoms with Crippen molar-refractivity contribution < 1.29 is 13.5 Å². The number of benzene rings is 2. The second-order valence-electron chi connectivity index (χ2n) is 6.10. The lowest BCUT2D eigenvalue weighted by Gasteiger charge is -2.21. The number of ether oxygens (including phenoxy) is 1. The van der Waals surface area contributed by atoms with Gasteiger partial charge in [0.1, 0.15) is 11.6 Å². The molecule has 2 N–H and O–H groups in total. The number of aliphatic imine (C=N–C) groups is 1. The third-order valence-electron chi connectivity index (χ3n) is 4.17. The van der Waals surface area contributed by atoms with Gasteiger partial charge in [-0.15, -0.1) is 0 Å². The summed E-state index contributed by atoms with van der Waals surface area (Å²) >= 11 is 1.71. The normalized spacial score (nSPS) is 17.3. The average Bonchev–Trinajstić information content (AvgIpc) is 2.65. The highest BCUT2D eigenvalue weighted by Gasteiger charge is 2.19. The number of thioether (sulfide) groups is 1. The van der Waals surface area contributed by atoms with Gasteiger partial charge in [-0.3, -0.25) is 0 Å². The van der Waals surface area contributed by atoms with Gasteiger partial charge in [-0.1, -0.05) is 6.07 Å². The summed E-state index contributed by atoms with van der Waals surface area (Å²) in [5.74, 6) is -0.132. The maximum absolute atomic E-state index is 14.1. The summed E-state index contributed by atoms with van der Waals surface area (Å²) in [6.07, 6.45) is 9.10. The molecule has 1 aliphatic heterocycles. The Labute approximate surface area is 167 Å². The minimum absolute atomic E-state index is 0.0339. The minimum atomic E-state index is -0.752. The van der Waals surface area contributed by atoms with Crippen LogP contribution in [0.5, 0.6) is 11.5 Å². The third kappa shape index (κ3) is 4.79. The highest BCUT2D eigenvalue weighted by Crippen LogP contribution is 2.35. The van der Waals surface area contributed by atoms with E-state index in [0.29, 0.717) is 5.75 Å². The number of hydrogen-bond donors (Lipinski definition) is 2. The van der Waals surface area contributed by atoms with Crippen molar-refractivity contribution in [1.29, 1.82) is 0 Å². The molecule has 0 aromatic heterocycles. The molecule has 28 heavy (non-hydrogen) atoms. The van der Waals surface area contributed by atoms with Gasteiger partial charge < -0.3 is 15.4 Å². The molecule has 2 aromatic carbocycles. The lowest BCUT2D eigenvalue weighted by atomic mass is 9.96. The molecule has 0 aliphatic carbocycles. The zero-order valence-electron chi connectivity index (χ0n) is 15.6. The predicted molar refractivity (Wildman–Crippen MR) is 112 cm³/mol. The predicted octanol–water partition coefficient (Wildman–Crippen LogP) is 4.69. The lowest BCUT2D eigenvalue weighted by Crippen LogP contribution is -2.26. The van der Waals surface area contributed by atoms with Gasteiger partial charge in [-0.2, -0.15) is 11.8 Å². The van der Waals surface area contributed by atoms with Crippen LogP contribution in [0, 0.1) is 11.6 Å². The Balaban J connectivity index is 2.08. The highest BCUT2D eigenvalue weighted by atomic mass is 32.2. The van der Waals surface area contributed by atoms with Gasteiger partial charge in [0.2, 0.25) is 0 Å². The number of rotatable bonds is 6. The van der Waals surface area contributed by atoms with Gasteiger partial charge >= 0.3 is 0 Å². The van der Waals surface area contributed by atoms with Gasteiger partial charge in [0.15, 0.2) is 11.6 Å². The van der Waals surface area contributed by atoms with Crippen LogP contribution < -0.4 is 15.4 Å². The maximum atomic E-state index is 14.1.